The van der Waals surface area contributed by atoms with Crippen LogP contribution in [0.2, 0.25) is 5.02 Å². The quantitative estimate of drug-likeness (QED) is 0.849. The molecule has 0 bridgehead atoms. The molecule has 0 aliphatic carbocycles. The van der Waals surface area contributed by atoms with Gasteiger partial charge in [0.1, 0.15) is 0 Å². The van der Waals surface area contributed by atoms with Crippen LogP contribution in [0.3, 0.4) is 0 Å². The second-order valence-corrected chi connectivity index (χ2v) is 4.83. The van der Waals surface area contributed by atoms with Gasteiger partial charge in [0, 0.05) is 5.02 Å². The van der Waals surface area contributed by atoms with Gasteiger partial charge in [-0.15, -0.1) is 0 Å². The molecule has 3 nitrogen and oxygen atoms in total. The van der Waals surface area contributed by atoms with Gasteiger partial charge >= 0.3 is 5.97 Å². The standard InChI is InChI=1S/C13H18ClNO2/c1-15(2)8-7-11(13(16)17)9-10-5-3-4-6-12(10)14/h3-6,11H,7-9H2,1-2H3,(H,16,17). The number of aliphatic carboxylic acids is 1. The summed E-state index contributed by atoms with van der Waals surface area (Å²) >= 11 is 6.03. The Morgan fingerprint density at radius 1 is 1.41 bits per heavy atom. The van der Waals surface area contributed by atoms with E-state index >= 15 is 0 Å². The van der Waals surface area contributed by atoms with Gasteiger partial charge in [-0.1, -0.05) is 29.8 Å². The lowest BCUT2D eigenvalue weighted by atomic mass is 9.96. The van der Waals surface area contributed by atoms with E-state index < -0.39 is 5.97 Å². The molecule has 0 saturated heterocycles. The molecule has 0 saturated carbocycles. The molecule has 1 unspecified atom stereocenters. The van der Waals surface area contributed by atoms with Gasteiger partial charge in [0.05, 0.1) is 5.92 Å². The highest BCUT2D eigenvalue weighted by atomic mass is 35.5. The summed E-state index contributed by atoms with van der Waals surface area (Å²) in [4.78, 5) is 13.2. The molecule has 0 aromatic heterocycles. The molecule has 0 heterocycles. The van der Waals surface area contributed by atoms with E-state index in [9.17, 15) is 9.90 Å². The zero-order chi connectivity index (χ0) is 12.8. The van der Waals surface area contributed by atoms with E-state index in [-0.39, 0.29) is 5.92 Å². The molecule has 1 aromatic rings. The zero-order valence-corrected chi connectivity index (χ0v) is 10.9. The summed E-state index contributed by atoms with van der Waals surface area (Å²) in [5, 5.41) is 9.82. The van der Waals surface area contributed by atoms with Crippen molar-refractivity contribution in [1.29, 1.82) is 0 Å². The lowest BCUT2D eigenvalue weighted by molar-refractivity contribution is -0.142. The average molecular weight is 256 g/mol. The normalized spacial score (nSPS) is 12.7. The van der Waals surface area contributed by atoms with Gasteiger partial charge in [0.15, 0.2) is 0 Å². The first-order chi connectivity index (χ1) is 8.00. The molecule has 1 N–H and O–H groups in total. The third kappa shape index (κ3) is 4.75. The average Bonchev–Trinajstić information content (AvgIpc) is 2.25. The highest BCUT2D eigenvalue weighted by molar-refractivity contribution is 6.31. The summed E-state index contributed by atoms with van der Waals surface area (Å²) in [6.45, 7) is 0.765. The third-order valence-electron chi connectivity index (χ3n) is 2.70. The summed E-state index contributed by atoms with van der Waals surface area (Å²) < 4.78 is 0. The van der Waals surface area contributed by atoms with E-state index in [2.05, 4.69) is 0 Å². The second kappa shape index (κ2) is 6.62. The number of hydrogen-bond acceptors (Lipinski definition) is 2. The summed E-state index contributed by atoms with van der Waals surface area (Å²) in [6, 6.07) is 7.41. The maximum absolute atomic E-state index is 11.2. The number of benzene rings is 1. The minimum absolute atomic E-state index is 0.378. The topological polar surface area (TPSA) is 40.5 Å². The highest BCUT2D eigenvalue weighted by Gasteiger charge is 2.19. The Morgan fingerprint density at radius 2 is 2.06 bits per heavy atom. The van der Waals surface area contributed by atoms with Gasteiger partial charge in [-0.25, -0.2) is 0 Å². The minimum Gasteiger partial charge on any atom is -0.481 e. The monoisotopic (exact) mass is 255 g/mol. The molecular weight excluding hydrogens is 238 g/mol. The predicted molar refractivity (Wildman–Crippen MR) is 69.5 cm³/mol. The largest absolute Gasteiger partial charge is 0.481 e. The fraction of sp³-hybridized carbons (Fsp3) is 0.462. The molecule has 0 fully saturated rings. The highest BCUT2D eigenvalue weighted by Crippen LogP contribution is 2.20. The minimum atomic E-state index is -0.758. The Labute approximate surface area is 107 Å². The first-order valence-electron chi connectivity index (χ1n) is 5.61. The Morgan fingerprint density at radius 3 is 2.59 bits per heavy atom. The fourth-order valence-electron chi connectivity index (χ4n) is 1.66. The number of hydrogen-bond donors (Lipinski definition) is 1. The lowest BCUT2D eigenvalue weighted by Crippen LogP contribution is -2.23. The van der Waals surface area contributed by atoms with E-state index in [0.717, 1.165) is 12.1 Å². The molecule has 1 aromatic carbocycles. The summed E-state index contributed by atoms with van der Waals surface area (Å²) in [6.07, 6.45) is 1.12. The van der Waals surface area contributed by atoms with Gasteiger partial charge in [-0.2, -0.15) is 0 Å². The Kier molecular flexibility index (Phi) is 5.45. The van der Waals surface area contributed by atoms with Crippen molar-refractivity contribution in [2.24, 2.45) is 5.92 Å². The fourth-order valence-corrected chi connectivity index (χ4v) is 1.87. The maximum Gasteiger partial charge on any atom is 0.306 e. The van der Waals surface area contributed by atoms with Crippen LogP contribution in [0, 0.1) is 5.92 Å². The third-order valence-corrected chi connectivity index (χ3v) is 3.07. The van der Waals surface area contributed by atoms with Crippen LogP contribution >= 0.6 is 11.6 Å². The molecular formula is C13H18ClNO2. The number of carboxylic acid groups (broad SMARTS) is 1. The van der Waals surface area contributed by atoms with E-state index in [0.29, 0.717) is 17.9 Å². The summed E-state index contributed by atoms with van der Waals surface area (Å²) in [5.41, 5.74) is 0.903. The van der Waals surface area contributed by atoms with Gasteiger partial charge in [0.25, 0.3) is 0 Å². The van der Waals surface area contributed by atoms with Crippen molar-refractivity contribution < 1.29 is 9.90 Å². The lowest BCUT2D eigenvalue weighted by Gasteiger charge is -2.16. The number of carbonyl (C=O) groups is 1. The zero-order valence-electron chi connectivity index (χ0n) is 10.2. The molecule has 0 spiro atoms. The van der Waals surface area contributed by atoms with Crippen LogP contribution in [-0.4, -0.2) is 36.6 Å². The molecule has 94 valence electrons. The molecule has 0 radical (unpaired) electrons. The number of rotatable bonds is 6. The molecule has 1 rings (SSSR count). The molecule has 0 aliphatic rings. The van der Waals surface area contributed by atoms with Crippen molar-refractivity contribution >= 4 is 17.6 Å². The first kappa shape index (κ1) is 14.0. The molecule has 17 heavy (non-hydrogen) atoms. The Balaban J connectivity index is 2.67. The van der Waals surface area contributed by atoms with Crippen molar-refractivity contribution in [3.63, 3.8) is 0 Å². The maximum atomic E-state index is 11.2. The Hall–Kier alpha value is -1.06. The van der Waals surface area contributed by atoms with Crippen LogP contribution in [0.4, 0.5) is 0 Å². The van der Waals surface area contributed by atoms with E-state index in [4.69, 9.17) is 11.6 Å². The van der Waals surface area contributed by atoms with E-state index in [1.807, 2.05) is 37.2 Å². The smallest absolute Gasteiger partial charge is 0.306 e. The van der Waals surface area contributed by atoms with E-state index in [1.54, 1.807) is 6.07 Å². The van der Waals surface area contributed by atoms with Crippen LogP contribution in [0.1, 0.15) is 12.0 Å². The summed E-state index contributed by atoms with van der Waals surface area (Å²) in [7, 11) is 3.88. The van der Waals surface area contributed by atoms with Gasteiger partial charge in [-0.05, 0) is 45.1 Å². The van der Waals surface area contributed by atoms with Crippen LogP contribution in [-0.2, 0) is 11.2 Å². The predicted octanol–water partition coefficient (Wildman–Crippen LogP) is 2.54. The van der Waals surface area contributed by atoms with Crippen molar-refractivity contribution in [2.45, 2.75) is 12.8 Å². The van der Waals surface area contributed by atoms with Crippen molar-refractivity contribution in [3.8, 4) is 0 Å². The summed E-state index contributed by atoms with van der Waals surface area (Å²) in [5.74, 6) is -1.14. The van der Waals surface area contributed by atoms with Gasteiger partial charge in [-0.3, -0.25) is 4.79 Å². The SMILES string of the molecule is CN(C)CCC(Cc1ccccc1Cl)C(=O)O. The second-order valence-electron chi connectivity index (χ2n) is 4.42. The van der Waals surface area contributed by atoms with Crippen LogP contribution in [0.5, 0.6) is 0 Å². The van der Waals surface area contributed by atoms with Crippen molar-refractivity contribution in [2.75, 3.05) is 20.6 Å². The molecule has 0 aliphatic heterocycles. The number of carboxylic acids is 1. The Bertz CT molecular complexity index is 379. The van der Waals surface area contributed by atoms with Crippen molar-refractivity contribution in [1.82, 2.24) is 4.90 Å². The van der Waals surface area contributed by atoms with Gasteiger partial charge < -0.3 is 10.0 Å². The molecule has 1 atom stereocenters. The van der Waals surface area contributed by atoms with Crippen molar-refractivity contribution in [3.05, 3.63) is 34.9 Å². The van der Waals surface area contributed by atoms with Crippen LogP contribution < -0.4 is 0 Å². The molecule has 0 amide bonds. The van der Waals surface area contributed by atoms with Gasteiger partial charge in [0.2, 0.25) is 0 Å². The number of halogens is 1. The van der Waals surface area contributed by atoms with Crippen LogP contribution in [0.25, 0.3) is 0 Å². The first-order valence-corrected chi connectivity index (χ1v) is 5.99. The number of nitrogens with zero attached hydrogens (tertiary/aromatic N) is 1. The van der Waals surface area contributed by atoms with Crippen LogP contribution in [0.15, 0.2) is 24.3 Å². The molecule has 4 heteroatoms. The van der Waals surface area contributed by atoms with E-state index in [1.165, 1.54) is 0 Å².